The van der Waals surface area contributed by atoms with Crippen molar-refractivity contribution in [2.75, 3.05) is 26.2 Å². The van der Waals surface area contributed by atoms with E-state index in [2.05, 4.69) is 18.8 Å². The third-order valence-electron chi connectivity index (χ3n) is 9.15. The molecule has 9 nitrogen and oxygen atoms in total. The zero-order valence-corrected chi connectivity index (χ0v) is 26.4. The number of hydrogen-bond donors (Lipinski definition) is 1. The van der Waals surface area contributed by atoms with Gasteiger partial charge in [-0.2, -0.15) is 0 Å². The topological polar surface area (TPSA) is 97.0 Å². The van der Waals surface area contributed by atoms with E-state index < -0.39 is 16.7 Å². The molecule has 0 radical (unpaired) electrons. The average Bonchev–Trinajstić information content (AvgIpc) is 3.62. The van der Waals surface area contributed by atoms with Gasteiger partial charge in [0.25, 0.3) is 0 Å². The van der Waals surface area contributed by atoms with Crippen LogP contribution in [0.3, 0.4) is 0 Å². The molecule has 3 aliphatic heterocycles. The van der Waals surface area contributed by atoms with Gasteiger partial charge in [-0.15, -0.1) is 0 Å². The molecule has 6 rings (SSSR count). The van der Waals surface area contributed by atoms with E-state index in [1.54, 1.807) is 4.90 Å². The minimum absolute atomic E-state index is 0.128. The highest BCUT2D eigenvalue weighted by Crippen LogP contribution is 2.51. The molecule has 1 atom stereocenters. The number of hydrogen-bond acceptors (Lipinski definition) is 6. The van der Waals surface area contributed by atoms with E-state index in [0.29, 0.717) is 50.0 Å². The van der Waals surface area contributed by atoms with Crippen LogP contribution in [-0.4, -0.2) is 69.3 Å². The second kappa shape index (κ2) is 10.4. The van der Waals surface area contributed by atoms with Crippen molar-refractivity contribution in [3.05, 3.63) is 34.2 Å². The molecule has 1 aromatic heterocycles. The van der Waals surface area contributed by atoms with E-state index in [1.807, 2.05) is 44.7 Å². The minimum atomic E-state index is -0.631. The van der Waals surface area contributed by atoms with Crippen LogP contribution in [0, 0.1) is 12.8 Å². The molecule has 228 valence electrons. The van der Waals surface area contributed by atoms with Gasteiger partial charge in [0, 0.05) is 54.5 Å². The number of fused-ring (bicyclic) bond motifs is 4. The van der Waals surface area contributed by atoms with Crippen LogP contribution in [0.1, 0.15) is 96.1 Å². The number of aryl methyl sites for hydroxylation is 1. The highest BCUT2D eigenvalue weighted by molar-refractivity contribution is 6.31. The highest BCUT2D eigenvalue weighted by atomic mass is 35.5. The second-order valence-electron chi connectivity index (χ2n) is 14.2. The third kappa shape index (κ3) is 5.56. The number of halogens is 1. The Balaban J connectivity index is 1.27. The summed E-state index contributed by atoms with van der Waals surface area (Å²) < 4.78 is 18.1. The fourth-order valence-corrected chi connectivity index (χ4v) is 6.72. The highest BCUT2D eigenvalue weighted by Gasteiger charge is 2.48. The molecule has 3 fully saturated rings. The van der Waals surface area contributed by atoms with Crippen molar-refractivity contribution in [2.45, 2.75) is 103 Å². The zero-order valence-electron chi connectivity index (χ0n) is 25.6. The molecule has 1 spiro atoms. The van der Waals surface area contributed by atoms with Crippen molar-refractivity contribution in [1.29, 1.82) is 0 Å². The van der Waals surface area contributed by atoms with Crippen LogP contribution in [-0.2, 0) is 15.1 Å². The van der Waals surface area contributed by atoms with Gasteiger partial charge in [-0.3, -0.25) is 0 Å². The quantitative estimate of drug-likeness (QED) is 0.402. The first-order chi connectivity index (χ1) is 19.7. The van der Waals surface area contributed by atoms with Gasteiger partial charge in [-0.25, -0.2) is 14.6 Å². The molecule has 42 heavy (non-hydrogen) atoms. The second-order valence-corrected chi connectivity index (χ2v) is 14.6. The van der Waals surface area contributed by atoms with Gasteiger partial charge in [-0.05, 0) is 90.8 Å². The van der Waals surface area contributed by atoms with Gasteiger partial charge in [0.05, 0.1) is 18.0 Å². The number of H-pyrrole nitrogens is 1. The van der Waals surface area contributed by atoms with Crippen molar-refractivity contribution in [3.63, 3.8) is 0 Å². The van der Waals surface area contributed by atoms with Crippen molar-refractivity contribution in [3.8, 4) is 17.0 Å². The summed E-state index contributed by atoms with van der Waals surface area (Å²) in [5.41, 5.74) is 2.06. The number of rotatable bonds is 3. The lowest BCUT2D eigenvalue weighted by atomic mass is 9.82. The standard InChI is InChI=1S/C32H43ClN4O5/c1-19-15-24-22(16-23(19)33)25-26(32(41-24)10-13-36(14-11-32)28(38)40-18-20-7-8-20)35-27(34-25)21-9-12-37(31(5,6)17-21)29(39)42-30(2,3)4/h15-16,20-21H,7-14,17-18H2,1-6H3,(H,34,35). The third-order valence-corrected chi connectivity index (χ3v) is 9.55. The van der Waals surface area contributed by atoms with Crippen molar-refractivity contribution >= 4 is 23.8 Å². The lowest BCUT2D eigenvalue weighted by Gasteiger charge is -2.45. The molecule has 1 aliphatic carbocycles. The Bertz CT molecular complexity index is 1380. The Morgan fingerprint density at radius 3 is 2.48 bits per heavy atom. The Morgan fingerprint density at radius 1 is 1.12 bits per heavy atom. The molecular formula is C32H43ClN4O5. The average molecular weight is 599 g/mol. The van der Waals surface area contributed by atoms with E-state index >= 15 is 0 Å². The van der Waals surface area contributed by atoms with Gasteiger partial charge in [0.2, 0.25) is 0 Å². The molecule has 4 aliphatic rings. The molecule has 1 saturated carbocycles. The lowest BCUT2D eigenvalue weighted by molar-refractivity contribution is -0.0101. The summed E-state index contributed by atoms with van der Waals surface area (Å²) in [5, 5.41) is 0.670. The maximum absolute atomic E-state index is 13.0. The van der Waals surface area contributed by atoms with Crippen LogP contribution in [0.5, 0.6) is 5.75 Å². The number of nitrogens with one attached hydrogen (secondary N) is 1. The monoisotopic (exact) mass is 598 g/mol. The smallest absolute Gasteiger partial charge is 0.410 e. The van der Waals surface area contributed by atoms with E-state index in [9.17, 15) is 9.59 Å². The van der Waals surface area contributed by atoms with Gasteiger partial charge < -0.3 is 29.0 Å². The van der Waals surface area contributed by atoms with Gasteiger partial charge in [0.15, 0.2) is 5.60 Å². The SMILES string of the molecule is Cc1cc2c(cc1Cl)-c1nc(C3CCN(C(=O)OC(C)(C)C)C(C)(C)C3)[nH]c1C1(CCN(C(=O)OCC3CC3)CC1)O2. The Hall–Kier alpha value is -2.94. The number of nitrogens with zero attached hydrogens (tertiary/aromatic N) is 3. The summed E-state index contributed by atoms with van der Waals surface area (Å²) in [5.74, 6) is 2.33. The normalized spacial score (nSPS) is 22.7. The van der Waals surface area contributed by atoms with E-state index in [1.165, 1.54) is 0 Å². The summed E-state index contributed by atoms with van der Waals surface area (Å²) in [7, 11) is 0. The number of amides is 2. The molecule has 10 heteroatoms. The van der Waals surface area contributed by atoms with E-state index in [4.69, 9.17) is 30.8 Å². The molecule has 2 saturated heterocycles. The molecule has 1 N–H and O–H groups in total. The van der Waals surface area contributed by atoms with Gasteiger partial charge in [0.1, 0.15) is 17.2 Å². The predicted molar refractivity (Wildman–Crippen MR) is 160 cm³/mol. The molecule has 2 amide bonds. The summed E-state index contributed by atoms with van der Waals surface area (Å²) in [4.78, 5) is 38.3. The molecule has 0 bridgehead atoms. The molecular weight excluding hydrogens is 556 g/mol. The first-order valence-corrected chi connectivity index (χ1v) is 15.6. The number of imidazole rings is 1. The van der Waals surface area contributed by atoms with Crippen molar-refractivity contribution < 1.29 is 23.8 Å². The van der Waals surface area contributed by atoms with Crippen LogP contribution in [0.15, 0.2) is 12.1 Å². The maximum atomic E-state index is 13.0. The molecule has 4 heterocycles. The fraction of sp³-hybridized carbons (Fsp3) is 0.656. The van der Waals surface area contributed by atoms with Gasteiger partial charge in [-0.1, -0.05) is 11.6 Å². The minimum Gasteiger partial charge on any atom is -0.480 e. The van der Waals surface area contributed by atoms with E-state index in [-0.39, 0.29) is 18.1 Å². The molecule has 1 unspecified atom stereocenters. The van der Waals surface area contributed by atoms with Crippen LogP contribution in [0.4, 0.5) is 9.59 Å². The number of aromatic amines is 1. The predicted octanol–water partition coefficient (Wildman–Crippen LogP) is 7.16. The number of aromatic nitrogens is 2. The van der Waals surface area contributed by atoms with Crippen LogP contribution < -0.4 is 4.74 Å². The van der Waals surface area contributed by atoms with Crippen LogP contribution in [0.25, 0.3) is 11.3 Å². The number of piperidine rings is 2. The molecule has 1 aromatic carbocycles. The summed E-state index contributed by atoms with van der Waals surface area (Å²) >= 11 is 6.58. The van der Waals surface area contributed by atoms with Crippen LogP contribution in [0.2, 0.25) is 5.02 Å². The summed E-state index contributed by atoms with van der Waals surface area (Å²) in [6, 6.07) is 3.94. The number of carbonyl (C=O) groups excluding carboxylic acids is 2. The van der Waals surface area contributed by atoms with Gasteiger partial charge >= 0.3 is 12.2 Å². The first kappa shape index (κ1) is 29.1. The zero-order chi connectivity index (χ0) is 30.0. The lowest BCUT2D eigenvalue weighted by Crippen LogP contribution is -2.53. The number of carbonyl (C=O) groups is 2. The van der Waals surface area contributed by atoms with Crippen molar-refractivity contribution in [2.24, 2.45) is 5.92 Å². The first-order valence-electron chi connectivity index (χ1n) is 15.3. The summed E-state index contributed by atoms with van der Waals surface area (Å²) in [6.45, 7) is 14.0. The Labute approximate surface area is 253 Å². The van der Waals surface area contributed by atoms with E-state index in [0.717, 1.165) is 59.8 Å². The maximum Gasteiger partial charge on any atom is 0.410 e. The van der Waals surface area contributed by atoms with Crippen molar-refractivity contribution in [1.82, 2.24) is 19.8 Å². The summed E-state index contributed by atoms with van der Waals surface area (Å²) in [6.07, 6.45) is 4.55. The fourth-order valence-electron chi connectivity index (χ4n) is 6.55. The number of likely N-dealkylation sites (tertiary alicyclic amines) is 2. The molecule has 2 aromatic rings. The number of ether oxygens (including phenoxy) is 3. The van der Waals surface area contributed by atoms with Crippen LogP contribution >= 0.6 is 11.6 Å². The Morgan fingerprint density at radius 2 is 1.83 bits per heavy atom. The Kier molecular flexibility index (Phi) is 7.18. The number of benzene rings is 1. The largest absolute Gasteiger partial charge is 0.480 e.